The molecule has 0 atom stereocenters. The fourth-order valence-corrected chi connectivity index (χ4v) is 3.06. The van der Waals surface area contributed by atoms with Gasteiger partial charge in [-0.1, -0.05) is 6.07 Å². The van der Waals surface area contributed by atoms with E-state index in [-0.39, 0.29) is 0 Å². The summed E-state index contributed by atoms with van der Waals surface area (Å²) < 4.78 is 0. The second-order valence-electron chi connectivity index (χ2n) is 6.68. The van der Waals surface area contributed by atoms with Crippen molar-refractivity contribution in [1.29, 1.82) is 0 Å². The Bertz CT molecular complexity index is 856. The van der Waals surface area contributed by atoms with Crippen molar-refractivity contribution in [3.05, 3.63) is 65.0 Å². The van der Waals surface area contributed by atoms with E-state index in [2.05, 4.69) is 25.6 Å². The SMILES string of the molecule is CNC(=C1CCC1)/C(=C/c1ccnc(N(C)CCc2ccccn2)n1)NC=O. The van der Waals surface area contributed by atoms with Crippen LogP contribution >= 0.6 is 0 Å². The van der Waals surface area contributed by atoms with Crippen LogP contribution in [0.5, 0.6) is 0 Å². The number of hydrogen-bond acceptors (Lipinski definition) is 6. The summed E-state index contributed by atoms with van der Waals surface area (Å²) >= 11 is 0. The predicted octanol–water partition coefficient (Wildman–Crippen LogP) is 2.29. The maximum atomic E-state index is 11.1. The summed E-state index contributed by atoms with van der Waals surface area (Å²) in [4.78, 5) is 26.5. The van der Waals surface area contributed by atoms with Crippen LogP contribution in [-0.2, 0) is 11.2 Å². The molecule has 1 amide bonds. The molecule has 2 aromatic rings. The van der Waals surface area contributed by atoms with Gasteiger partial charge in [0.25, 0.3) is 0 Å². The van der Waals surface area contributed by atoms with Crippen molar-refractivity contribution >= 4 is 18.4 Å². The number of aromatic nitrogens is 3. The molecule has 0 spiro atoms. The largest absolute Gasteiger partial charge is 0.386 e. The summed E-state index contributed by atoms with van der Waals surface area (Å²) in [7, 11) is 3.84. The summed E-state index contributed by atoms with van der Waals surface area (Å²) in [5.41, 5.74) is 4.81. The van der Waals surface area contributed by atoms with Gasteiger partial charge >= 0.3 is 0 Å². The molecule has 7 heteroatoms. The van der Waals surface area contributed by atoms with Gasteiger partial charge in [-0.05, 0) is 49.1 Å². The van der Waals surface area contributed by atoms with Crippen LogP contribution in [0.15, 0.2) is 53.6 Å². The molecule has 0 aromatic carbocycles. The first-order valence-corrected chi connectivity index (χ1v) is 9.47. The zero-order chi connectivity index (χ0) is 19.8. The van der Waals surface area contributed by atoms with Crippen molar-refractivity contribution < 1.29 is 4.79 Å². The number of rotatable bonds is 9. The van der Waals surface area contributed by atoms with Gasteiger partial charge in [0, 0.05) is 45.1 Å². The zero-order valence-corrected chi connectivity index (χ0v) is 16.4. The molecule has 3 rings (SSSR count). The molecule has 7 nitrogen and oxygen atoms in total. The molecular weight excluding hydrogens is 352 g/mol. The summed E-state index contributed by atoms with van der Waals surface area (Å²) in [6, 6.07) is 7.75. The van der Waals surface area contributed by atoms with E-state index < -0.39 is 0 Å². The molecule has 0 unspecified atom stereocenters. The highest BCUT2D eigenvalue weighted by Crippen LogP contribution is 2.30. The fourth-order valence-electron chi connectivity index (χ4n) is 3.06. The second kappa shape index (κ2) is 9.64. The molecule has 28 heavy (non-hydrogen) atoms. The van der Waals surface area contributed by atoms with Gasteiger partial charge in [-0.3, -0.25) is 9.78 Å². The van der Waals surface area contributed by atoms with E-state index in [9.17, 15) is 4.79 Å². The highest BCUT2D eigenvalue weighted by molar-refractivity contribution is 5.63. The lowest BCUT2D eigenvalue weighted by Gasteiger charge is -2.23. The third-order valence-electron chi connectivity index (χ3n) is 4.77. The Labute approximate surface area is 165 Å². The van der Waals surface area contributed by atoms with Gasteiger partial charge in [-0.2, -0.15) is 0 Å². The molecule has 2 aromatic heterocycles. The predicted molar refractivity (Wildman–Crippen MR) is 110 cm³/mol. The molecule has 0 radical (unpaired) electrons. The standard InChI is InChI=1S/C21H26N6O/c1-22-20(16-6-5-7-16)19(25-15-28)14-18-9-12-24-21(26-18)27(2)13-10-17-8-3-4-11-23-17/h3-4,8-9,11-12,14-15,22H,5-7,10,13H2,1-2H3,(H,25,28)/b19-14-. The van der Waals surface area contributed by atoms with E-state index in [1.165, 1.54) is 12.0 Å². The maximum Gasteiger partial charge on any atom is 0.225 e. The van der Waals surface area contributed by atoms with Crippen LogP contribution in [0, 0.1) is 0 Å². The molecule has 1 aliphatic carbocycles. The van der Waals surface area contributed by atoms with Gasteiger partial charge in [0.15, 0.2) is 0 Å². The average molecular weight is 378 g/mol. The van der Waals surface area contributed by atoms with Gasteiger partial charge in [0.1, 0.15) is 0 Å². The third-order valence-corrected chi connectivity index (χ3v) is 4.77. The first-order valence-electron chi connectivity index (χ1n) is 9.47. The Morgan fingerprint density at radius 1 is 1.21 bits per heavy atom. The van der Waals surface area contributed by atoms with E-state index in [0.29, 0.717) is 12.4 Å². The minimum atomic E-state index is 0.637. The van der Waals surface area contributed by atoms with Crippen LogP contribution in [0.4, 0.5) is 5.95 Å². The number of hydrogen-bond donors (Lipinski definition) is 2. The van der Waals surface area contributed by atoms with Crippen LogP contribution in [0.1, 0.15) is 30.7 Å². The lowest BCUT2D eigenvalue weighted by atomic mass is 9.89. The number of pyridine rings is 1. The fraction of sp³-hybridized carbons (Fsp3) is 0.333. The first-order chi connectivity index (χ1) is 13.7. The molecule has 146 valence electrons. The Kier molecular flexibility index (Phi) is 6.73. The van der Waals surface area contributed by atoms with Crippen molar-refractivity contribution in [3.63, 3.8) is 0 Å². The number of amides is 1. The van der Waals surface area contributed by atoms with Crippen molar-refractivity contribution in [2.45, 2.75) is 25.7 Å². The van der Waals surface area contributed by atoms with E-state index in [1.807, 2.05) is 49.3 Å². The highest BCUT2D eigenvalue weighted by Gasteiger charge is 2.17. The Morgan fingerprint density at radius 3 is 2.71 bits per heavy atom. The van der Waals surface area contributed by atoms with Crippen LogP contribution in [0.25, 0.3) is 6.08 Å². The third kappa shape index (κ3) is 4.94. The zero-order valence-electron chi connectivity index (χ0n) is 16.4. The van der Waals surface area contributed by atoms with Gasteiger partial charge in [0.2, 0.25) is 12.4 Å². The first kappa shape index (κ1) is 19.5. The lowest BCUT2D eigenvalue weighted by Crippen LogP contribution is -2.24. The van der Waals surface area contributed by atoms with Crippen LogP contribution in [-0.4, -0.2) is 42.0 Å². The molecule has 0 aliphatic heterocycles. The second-order valence-corrected chi connectivity index (χ2v) is 6.68. The quantitative estimate of drug-likeness (QED) is 0.652. The molecule has 1 aliphatic rings. The van der Waals surface area contributed by atoms with E-state index >= 15 is 0 Å². The topological polar surface area (TPSA) is 83.0 Å². The van der Waals surface area contributed by atoms with E-state index in [1.54, 1.807) is 12.4 Å². The average Bonchev–Trinajstić information content (AvgIpc) is 2.69. The van der Waals surface area contributed by atoms with Gasteiger partial charge in [-0.25, -0.2) is 9.97 Å². The number of allylic oxidation sites excluding steroid dienone is 1. The number of carbonyl (C=O) groups excluding carboxylic acids is 1. The van der Waals surface area contributed by atoms with Gasteiger partial charge in [-0.15, -0.1) is 0 Å². The van der Waals surface area contributed by atoms with Crippen molar-refractivity contribution in [3.8, 4) is 0 Å². The lowest BCUT2D eigenvalue weighted by molar-refractivity contribution is -0.108. The Morgan fingerprint density at radius 2 is 2.07 bits per heavy atom. The number of carbonyl (C=O) groups is 1. The molecule has 2 N–H and O–H groups in total. The molecular formula is C21H26N6O. The number of likely N-dealkylation sites (N-methyl/N-ethyl adjacent to an activating group) is 2. The Balaban J connectivity index is 1.77. The summed E-state index contributed by atoms with van der Waals surface area (Å²) in [6.45, 7) is 0.759. The highest BCUT2D eigenvalue weighted by atomic mass is 16.1. The van der Waals surface area contributed by atoms with Crippen molar-refractivity contribution in [1.82, 2.24) is 25.6 Å². The monoisotopic (exact) mass is 378 g/mol. The van der Waals surface area contributed by atoms with Crippen LogP contribution in [0.2, 0.25) is 0 Å². The summed E-state index contributed by atoms with van der Waals surface area (Å²) in [6.07, 6.45) is 10.2. The maximum absolute atomic E-state index is 11.1. The number of nitrogens with zero attached hydrogens (tertiary/aromatic N) is 4. The number of anilines is 1. The molecule has 1 saturated carbocycles. The summed E-state index contributed by atoms with van der Waals surface area (Å²) in [5.74, 6) is 0.637. The number of nitrogens with one attached hydrogen (secondary N) is 2. The minimum Gasteiger partial charge on any atom is -0.386 e. The van der Waals surface area contributed by atoms with E-state index in [4.69, 9.17) is 0 Å². The van der Waals surface area contributed by atoms with Crippen molar-refractivity contribution in [2.75, 3.05) is 25.5 Å². The molecule has 0 bridgehead atoms. The van der Waals surface area contributed by atoms with Crippen LogP contribution in [0.3, 0.4) is 0 Å². The normalized spacial score (nSPS) is 13.5. The van der Waals surface area contributed by atoms with Gasteiger partial charge < -0.3 is 15.5 Å². The molecule has 0 saturated heterocycles. The van der Waals surface area contributed by atoms with E-state index in [0.717, 1.165) is 48.6 Å². The molecule has 1 fully saturated rings. The minimum absolute atomic E-state index is 0.637. The van der Waals surface area contributed by atoms with Crippen molar-refractivity contribution in [2.24, 2.45) is 0 Å². The smallest absolute Gasteiger partial charge is 0.225 e. The van der Waals surface area contributed by atoms with Gasteiger partial charge in [0.05, 0.1) is 17.1 Å². The van der Waals surface area contributed by atoms with Crippen LogP contribution < -0.4 is 15.5 Å². The summed E-state index contributed by atoms with van der Waals surface area (Å²) in [5, 5.41) is 6.02. The Hall–Kier alpha value is -3.22. The molecule has 2 heterocycles.